The number of benzene rings is 2. The van der Waals surface area contributed by atoms with Gasteiger partial charge in [-0.05, 0) is 35.9 Å². The Balaban J connectivity index is 2.02. The largest absolute Gasteiger partial charge is 0.495 e. The highest BCUT2D eigenvalue weighted by Crippen LogP contribution is 2.21. The molecule has 0 saturated heterocycles. The number of anilines is 1. The fourth-order valence-electron chi connectivity index (χ4n) is 1.81. The van der Waals surface area contributed by atoms with Gasteiger partial charge in [-0.2, -0.15) is 0 Å². The zero-order valence-corrected chi connectivity index (χ0v) is 11.0. The van der Waals surface area contributed by atoms with Gasteiger partial charge in [-0.15, -0.1) is 0 Å². The minimum Gasteiger partial charge on any atom is -0.495 e. The Labute approximate surface area is 116 Å². The molecule has 2 aromatic carbocycles. The van der Waals surface area contributed by atoms with E-state index in [1.165, 1.54) is 25.3 Å². The van der Waals surface area contributed by atoms with Crippen LogP contribution in [0.1, 0.15) is 15.9 Å². The van der Waals surface area contributed by atoms with Gasteiger partial charge in [-0.3, -0.25) is 4.79 Å². The van der Waals surface area contributed by atoms with Crippen LogP contribution in [0.4, 0.5) is 10.1 Å². The first-order valence-electron chi connectivity index (χ1n) is 6.06. The molecule has 0 bridgehead atoms. The number of carbonyl (C=O) groups excluding carboxylic acids is 1. The second-order valence-corrected chi connectivity index (χ2v) is 4.27. The summed E-state index contributed by atoms with van der Waals surface area (Å²) in [5, 5.41) is 2.71. The highest BCUT2D eigenvalue weighted by molar-refractivity contribution is 5.94. The van der Waals surface area contributed by atoms with Crippen molar-refractivity contribution < 1.29 is 13.9 Å². The van der Waals surface area contributed by atoms with Crippen molar-refractivity contribution in [2.45, 2.75) is 6.54 Å². The third kappa shape index (κ3) is 3.26. The van der Waals surface area contributed by atoms with Crippen LogP contribution < -0.4 is 15.8 Å². The molecule has 5 heteroatoms. The number of nitrogen functional groups attached to an aromatic ring is 1. The summed E-state index contributed by atoms with van der Waals surface area (Å²) in [6, 6.07) is 10.8. The molecule has 2 aromatic rings. The number of hydrogen-bond donors (Lipinski definition) is 2. The topological polar surface area (TPSA) is 64.3 Å². The molecule has 3 N–H and O–H groups in total. The highest BCUT2D eigenvalue weighted by Gasteiger charge is 2.07. The monoisotopic (exact) mass is 274 g/mol. The van der Waals surface area contributed by atoms with Gasteiger partial charge in [-0.25, -0.2) is 4.39 Å². The van der Waals surface area contributed by atoms with E-state index in [2.05, 4.69) is 5.32 Å². The summed E-state index contributed by atoms with van der Waals surface area (Å²) in [4.78, 5) is 11.8. The maximum Gasteiger partial charge on any atom is 0.251 e. The lowest BCUT2D eigenvalue weighted by Gasteiger charge is -2.08. The van der Waals surface area contributed by atoms with Crippen molar-refractivity contribution in [3.63, 3.8) is 0 Å². The number of halogens is 1. The van der Waals surface area contributed by atoms with E-state index in [9.17, 15) is 9.18 Å². The summed E-state index contributed by atoms with van der Waals surface area (Å²) >= 11 is 0. The number of nitrogens with one attached hydrogen (secondary N) is 1. The molecule has 0 aliphatic carbocycles. The molecular weight excluding hydrogens is 259 g/mol. The van der Waals surface area contributed by atoms with Crippen LogP contribution >= 0.6 is 0 Å². The molecule has 0 atom stereocenters. The molecular formula is C15H15FN2O2. The molecule has 2 rings (SSSR count). The van der Waals surface area contributed by atoms with Crippen molar-refractivity contribution in [3.05, 3.63) is 59.4 Å². The molecule has 20 heavy (non-hydrogen) atoms. The normalized spacial score (nSPS) is 10.1. The lowest BCUT2D eigenvalue weighted by molar-refractivity contribution is 0.0950. The molecule has 0 heterocycles. The molecule has 0 aromatic heterocycles. The van der Waals surface area contributed by atoms with Crippen LogP contribution in [0.25, 0.3) is 0 Å². The average Bonchev–Trinajstić information content (AvgIpc) is 2.45. The zero-order valence-electron chi connectivity index (χ0n) is 11.0. The molecule has 0 fully saturated rings. The van der Waals surface area contributed by atoms with Crippen molar-refractivity contribution in [2.24, 2.45) is 0 Å². The Kier molecular flexibility index (Phi) is 4.20. The Bertz CT molecular complexity index is 629. The maximum atomic E-state index is 13.0. The van der Waals surface area contributed by atoms with Gasteiger partial charge in [-0.1, -0.05) is 12.1 Å². The van der Waals surface area contributed by atoms with Crippen molar-refractivity contribution in [1.82, 2.24) is 5.32 Å². The third-order valence-corrected chi connectivity index (χ3v) is 2.83. The van der Waals surface area contributed by atoms with E-state index < -0.39 is 5.82 Å². The molecule has 0 aliphatic rings. The average molecular weight is 274 g/mol. The second-order valence-electron chi connectivity index (χ2n) is 4.27. The predicted octanol–water partition coefficient (Wildman–Crippen LogP) is 2.35. The Hall–Kier alpha value is -2.56. The molecule has 0 saturated carbocycles. The molecule has 104 valence electrons. The van der Waals surface area contributed by atoms with Crippen molar-refractivity contribution in [3.8, 4) is 5.75 Å². The van der Waals surface area contributed by atoms with E-state index in [0.717, 1.165) is 5.56 Å². The molecule has 4 nitrogen and oxygen atoms in total. The van der Waals surface area contributed by atoms with Crippen molar-refractivity contribution in [1.29, 1.82) is 0 Å². The molecule has 0 radical (unpaired) electrons. The van der Waals surface area contributed by atoms with Crippen molar-refractivity contribution in [2.75, 3.05) is 12.8 Å². The van der Waals surface area contributed by atoms with Crippen LogP contribution in [0.2, 0.25) is 0 Å². The zero-order chi connectivity index (χ0) is 14.5. The highest BCUT2D eigenvalue weighted by atomic mass is 19.1. The van der Waals surface area contributed by atoms with Gasteiger partial charge in [0, 0.05) is 12.1 Å². The van der Waals surface area contributed by atoms with E-state index in [1.54, 1.807) is 24.3 Å². The first-order chi connectivity index (χ1) is 9.60. The van der Waals surface area contributed by atoms with Crippen LogP contribution in [0.5, 0.6) is 5.75 Å². The lowest BCUT2D eigenvalue weighted by atomic mass is 10.1. The molecule has 0 spiro atoms. The van der Waals surface area contributed by atoms with E-state index >= 15 is 0 Å². The van der Waals surface area contributed by atoms with Gasteiger partial charge in [0.1, 0.15) is 11.6 Å². The minimum absolute atomic E-state index is 0.284. The fraction of sp³-hybridized carbons (Fsp3) is 0.133. The van der Waals surface area contributed by atoms with Crippen LogP contribution in [-0.4, -0.2) is 13.0 Å². The number of ether oxygens (including phenoxy) is 1. The molecule has 0 unspecified atom stereocenters. The quantitative estimate of drug-likeness (QED) is 0.841. The number of methoxy groups -OCH3 is 1. The van der Waals surface area contributed by atoms with E-state index in [1.807, 2.05) is 0 Å². The van der Waals surface area contributed by atoms with Gasteiger partial charge in [0.25, 0.3) is 5.91 Å². The first kappa shape index (κ1) is 13.9. The number of rotatable bonds is 4. The van der Waals surface area contributed by atoms with Crippen molar-refractivity contribution >= 4 is 11.6 Å². The first-order valence-corrected chi connectivity index (χ1v) is 6.06. The summed E-state index contributed by atoms with van der Waals surface area (Å²) in [5.74, 6) is -0.185. The number of nitrogens with two attached hydrogens (primary N) is 1. The Morgan fingerprint density at radius 1 is 1.30 bits per heavy atom. The Morgan fingerprint density at radius 2 is 2.10 bits per heavy atom. The van der Waals surface area contributed by atoms with Crippen LogP contribution in [0.3, 0.4) is 0 Å². The summed E-state index contributed by atoms with van der Waals surface area (Å²) in [5.41, 5.74) is 7.41. The van der Waals surface area contributed by atoms with E-state index in [0.29, 0.717) is 18.0 Å². The van der Waals surface area contributed by atoms with Crippen LogP contribution in [0, 0.1) is 5.82 Å². The molecule has 1 amide bonds. The standard InChI is InChI=1S/C15H15FN2O2/c1-20-14-6-5-10(7-13(14)17)9-18-15(19)11-3-2-4-12(16)8-11/h2-8H,9,17H2,1H3,(H,18,19). The van der Waals surface area contributed by atoms with Gasteiger partial charge in [0.15, 0.2) is 0 Å². The number of amides is 1. The summed E-state index contributed by atoms with van der Waals surface area (Å²) in [6.45, 7) is 0.309. The van der Waals surface area contributed by atoms with Crippen LogP contribution in [-0.2, 0) is 6.54 Å². The molecule has 0 aliphatic heterocycles. The smallest absolute Gasteiger partial charge is 0.251 e. The number of carbonyl (C=O) groups is 1. The van der Waals surface area contributed by atoms with Crippen LogP contribution in [0.15, 0.2) is 42.5 Å². The third-order valence-electron chi connectivity index (χ3n) is 2.83. The maximum absolute atomic E-state index is 13.0. The summed E-state index contributed by atoms with van der Waals surface area (Å²) in [6.07, 6.45) is 0. The summed E-state index contributed by atoms with van der Waals surface area (Å²) < 4.78 is 18.1. The van der Waals surface area contributed by atoms with E-state index in [4.69, 9.17) is 10.5 Å². The second kappa shape index (κ2) is 6.06. The summed E-state index contributed by atoms with van der Waals surface area (Å²) in [7, 11) is 1.54. The van der Waals surface area contributed by atoms with Gasteiger partial charge >= 0.3 is 0 Å². The predicted molar refractivity (Wildman–Crippen MR) is 75.0 cm³/mol. The van der Waals surface area contributed by atoms with Gasteiger partial charge in [0.2, 0.25) is 0 Å². The Morgan fingerprint density at radius 3 is 2.75 bits per heavy atom. The SMILES string of the molecule is COc1ccc(CNC(=O)c2cccc(F)c2)cc1N. The minimum atomic E-state index is -0.439. The lowest BCUT2D eigenvalue weighted by Crippen LogP contribution is -2.22. The van der Waals surface area contributed by atoms with Gasteiger partial charge < -0.3 is 15.8 Å². The van der Waals surface area contributed by atoms with Gasteiger partial charge in [0.05, 0.1) is 12.8 Å². The fourth-order valence-corrected chi connectivity index (χ4v) is 1.81. The number of hydrogen-bond acceptors (Lipinski definition) is 3. The van der Waals surface area contributed by atoms with E-state index in [-0.39, 0.29) is 11.5 Å².